The molecule has 0 spiro atoms. The molecule has 1 aromatic heterocycles. The van der Waals surface area contributed by atoms with Crippen LogP contribution < -0.4 is 14.8 Å². The number of amides is 3. The highest BCUT2D eigenvalue weighted by Gasteiger charge is 2.24. The van der Waals surface area contributed by atoms with Gasteiger partial charge in [-0.05, 0) is 55.2 Å². The molecule has 0 radical (unpaired) electrons. The molecule has 0 aliphatic heterocycles. The minimum atomic E-state index is -0.269. The lowest BCUT2D eigenvalue weighted by atomic mass is 10.1. The Labute approximate surface area is 235 Å². The molecule has 0 unspecified atom stereocenters. The van der Waals surface area contributed by atoms with Crippen LogP contribution in [0.1, 0.15) is 30.5 Å². The summed E-state index contributed by atoms with van der Waals surface area (Å²) in [5.74, 6) is 1.11. The molecular weight excluding hydrogens is 504 g/mol. The van der Waals surface area contributed by atoms with Gasteiger partial charge in [0.1, 0.15) is 6.54 Å². The molecule has 40 heavy (non-hydrogen) atoms. The third-order valence-electron chi connectivity index (χ3n) is 6.98. The zero-order chi connectivity index (χ0) is 28.5. The van der Waals surface area contributed by atoms with Crippen molar-refractivity contribution in [3.63, 3.8) is 0 Å². The number of hydrogen-bond donors (Lipinski definition) is 2. The van der Waals surface area contributed by atoms with Crippen LogP contribution in [0.4, 0.5) is 4.79 Å². The van der Waals surface area contributed by atoms with Gasteiger partial charge in [-0.1, -0.05) is 54.6 Å². The average Bonchev–Trinajstić information content (AvgIpc) is 3.39. The molecule has 0 fully saturated rings. The minimum Gasteiger partial charge on any atom is -0.493 e. The van der Waals surface area contributed by atoms with Crippen LogP contribution >= 0.6 is 0 Å². The van der Waals surface area contributed by atoms with Crippen molar-refractivity contribution < 1.29 is 19.1 Å². The predicted molar refractivity (Wildman–Crippen MR) is 157 cm³/mol. The number of hydrogen-bond acceptors (Lipinski definition) is 4. The van der Waals surface area contributed by atoms with E-state index in [2.05, 4.69) is 16.4 Å². The van der Waals surface area contributed by atoms with Crippen molar-refractivity contribution in [3.8, 4) is 11.5 Å². The molecule has 0 aliphatic rings. The van der Waals surface area contributed by atoms with Crippen LogP contribution in [0.5, 0.6) is 11.5 Å². The summed E-state index contributed by atoms with van der Waals surface area (Å²) in [6.45, 7) is 5.07. The maximum atomic E-state index is 13.8. The largest absolute Gasteiger partial charge is 0.493 e. The number of benzene rings is 3. The van der Waals surface area contributed by atoms with Gasteiger partial charge in [0.25, 0.3) is 0 Å². The van der Waals surface area contributed by atoms with E-state index in [4.69, 9.17) is 9.47 Å². The zero-order valence-corrected chi connectivity index (χ0v) is 23.6. The molecular formula is C32H38N4O4. The van der Waals surface area contributed by atoms with Crippen LogP contribution in [-0.2, 0) is 24.3 Å². The molecule has 2 N–H and O–H groups in total. The topological polar surface area (TPSA) is 86.9 Å². The van der Waals surface area contributed by atoms with Gasteiger partial charge in [-0.3, -0.25) is 4.79 Å². The van der Waals surface area contributed by atoms with Gasteiger partial charge < -0.3 is 29.6 Å². The number of nitrogens with zero attached hydrogens (tertiary/aromatic N) is 2. The summed E-state index contributed by atoms with van der Waals surface area (Å²) in [4.78, 5) is 33.6. The third kappa shape index (κ3) is 7.14. The fourth-order valence-corrected chi connectivity index (χ4v) is 4.69. The standard InChI is InChI=1S/C32H38N4O4/c1-23(2)36(32(38)34-19-24-10-6-5-7-11-24)22-31(37)35(21-25-14-15-29(39-3)30(18-25)40-4)17-16-26-20-33-28-13-9-8-12-27(26)28/h5-15,18,20,23,33H,16-17,19,21-22H2,1-4H3,(H,34,38). The second kappa shape index (κ2) is 13.6. The molecule has 3 aromatic carbocycles. The average molecular weight is 543 g/mol. The Morgan fingerprint density at radius 1 is 0.900 bits per heavy atom. The maximum Gasteiger partial charge on any atom is 0.318 e. The van der Waals surface area contributed by atoms with E-state index in [0.29, 0.717) is 37.6 Å². The molecule has 4 aromatic rings. The molecule has 0 aliphatic carbocycles. The Balaban J connectivity index is 1.51. The fourth-order valence-electron chi connectivity index (χ4n) is 4.69. The Morgan fingerprint density at radius 2 is 1.62 bits per heavy atom. The first-order chi connectivity index (χ1) is 19.4. The van der Waals surface area contributed by atoms with E-state index in [0.717, 1.165) is 27.6 Å². The molecule has 4 rings (SSSR count). The number of ether oxygens (including phenoxy) is 2. The highest BCUT2D eigenvalue weighted by atomic mass is 16.5. The van der Waals surface area contributed by atoms with Crippen molar-refractivity contribution in [1.29, 1.82) is 0 Å². The number of methoxy groups -OCH3 is 2. The number of nitrogens with one attached hydrogen (secondary N) is 2. The summed E-state index contributed by atoms with van der Waals surface area (Å²) in [5.41, 5.74) is 4.12. The van der Waals surface area contributed by atoms with Gasteiger partial charge in [-0.2, -0.15) is 0 Å². The molecule has 0 saturated carbocycles. The number of aromatic amines is 1. The lowest BCUT2D eigenvalue weighted by Gasteiger charge is -2.30. The van der Waals surface area contributed by atoms with E-state index in [1.807, 2.05) is 91.7 Å². The number of carbonyl (C=O) groups is 2. The number of fused-ring (bicyclic) bond motifs is 1. The summed E-state index contributed by atoms with van der Waals surface area (Å²) in [6, 6.07) is 23.1. The van der Waals surface area contributed by atoms with Crippen LogP contribution in [0.25, 0.3) is 10.9 Å². The summed E-state index contributed by atoms with van der Waals surface area (Å²) in [6.07, 6.45) is 2.67. The maximum absolute atomic E-state index is 13.8. The highest BCUT2D eigenvalue weighted by Crippen LogP contribution is 2.28. The Morgan fingerprint density at radius 3 is 2.35 bits per heavy atom. The molecule has 3 amide bonds. The van der Waals surface area contributed by atoms with Gasteiger partial charge in [-0.25, -0.2) is 4.79 Å². The Hall–Kier alpha value is -4.46. The fraction of sp³-hybridized carbons (Fsp3) is 0.312. The molecule has 0 atom stereocenters. The van der Waals surface area contributed by atoms with Crippen molar-refractivity contribution in [3.05, 3.63) is 95.7 Å². The summed E-state index contributed by atoms with van der Waals surface area (Å²) in [5, 5.41) is 4.10. The van der Waals surface area contributed by atoms with Crippen LogP contribution in [0.2, 0.25) is 0 Å². The van der Waals surface area contributed by atoms with Gasteiger partial charge in [0, 0.05) is 42.8 Å². The molecule has 8 nitrogen and oxygen atoms in total. The van der Waals surface area contributed by atoms with E-state index in [9.17, 15) is 9.59 Å². The molecule has 8 heteroatoms. The van der Waals surface area contributed by atoms with Crippen molar-refractivity contribution in [2.45, 2.75) is 39.4 Å². The van der Waals surface area contributed by atoms with Gasteiger partial charge >= 0.3 is 6.03 Å². The number of para-hydroxylation sites is 1. The number of H-pyrrole nitrogens is 1. The predicted octanol–water partition coefficient (Wildman–Crippen LogP) is 5.38. The first-order valence-electron chi connectivity index (χ1n) is 13.5. The second-order valence-corrected chi connectivity index (χ2v) is 9.98. The first-order valence-corrected chi connectivity index (χ1v) is 13.5. The Bertz CT molecular complexity index is 1420. The van der Waals surface area contributed by atoms with E-state index in [1.165, 1.54) is 0 Å². The second-order valence-electron chi connectivity index (χ2n) is 9.98. The van der Waals surface area contributed by atoms with Crippen molar-refractivity contribution in [2.24, 2.45) is 0 Å². The van der Waals surface area contributed by atoms with Crippen molar-refractivity contribution in [2.75, 3.05) is 27.3 Å². The number of carbonyl (C=O) groups excluding carboxylic acids is 2. The highest BCUT2D eigenvalue weighted by molar-refractivity contribution is 5.85. The van der Waals surface area contributed by atoms with Gasteiger partial charge in [0.15, 0.2) is 11.5 Å². The van der Waals surface area contributed by atoms with E-state index in [1.54, 1.807) is 19.1 Å². The minimum absolute atomic E-state index is 0.0283. The van der Waals surface area contributed by atoms with Gasteiger partial charge in [0.2, 0.25) is 5.91 Å². The zero-order valence-electron chi connectivity index (χ0n) is 23.6. The van der Waals surface area contributed by atoms with E-state index >= 15 is 0 Å². The smallest absolute Gasteiger partial charge is 0.318 e. The summed E-state index contributed by atoms with van der Waals surface area (Å²) >= 11 is 0. The normalized spacial score (nSPS) is 10.9. The number of aromatic nitrogens is 1. The molecule has 1 heterocycles. The third-order valence-corrected chi connectivity index (χ3v) is 6.98. The summed E-state index contributed by atoms with van der Waals surface area (Å²) < 4.78 is 10.9. The van der Waals surface area contributed by atoms with Crippen LogP contribution in [0.3, 0.4) is 0 Å². The van der Waals surface area contributed by atoms with Crippen LogP contribution in [-0.4, -0.2) is 60.1 Å². The van der Waals surface area contributed by atoms with Crippen molar-refractivity contribution >= 4 is 22.8 Å². The van der Waals surface area contributed by atoms with Gasteiger partial charge in [-0.15, -0.1) is 0 Å². The molecule has 0 saturated heterocycles. The number of rotatable bonds is 12. The lowest BCUT2D eigenvalue weighted by Crippen LogP contribution is -2.49. The monoisotopic (exact) mass is 542 g/mol. The van der Waals surface area contributed by atoms with Gasteiger partial charge in [0.05, 0.1) is 14.2 Å². The molecule has 210 valence electrons. The SMILES string of the molecule is COc1ccc(CN(CCc2c[nH]c3ccccc23)C(=O)CN(C(=O)NCc2ccccc2)C(C)C)cc1OC. The van der Waals surface area contributed by atoms with Crippen LogP contribution in [0, 0.1) is 0 Å². The van der Waals surface area contributed by atoms with E-state index < -0.39 is 0 Å². The van der Waals surface area contributed by atoms with Crippen LogP contribution in [0.15, 0.2) is 79.0 Å². The molecule has 0 bridgehead atoms. The quantitative estimate of drug-likeness (QED) is 0.252. The van der Waals surface area contributed by atoms with E-state index in [-0.39, 0.29) is 24.5 Å². The summed E-state index contributed by atoms with van der Waals surface area (Å²) in [7, 11) is 3.19. The Kier molecular flexibility index (Phi) is 9.67. The lowest BCUT2D eigenvalue weighted by molar-refractivity contribution is -0.132. The number of urea groups is 1. The van der Waals surface area contributed by atoms with Crippen molar-refractivity contribution in [1.82, 2.24) is 20.1 Å². The first kappa shape index (κ1) is 28.5.